The molecule has 194 valence electrons. The minimum atomic E-state index is -0.871. The smallest absolute Gasteiger partial charge is 0.294 e. The lowest BCUT2D eigenvalue weighted by molar-refractivity contribution is -0.757. The van der Waals surface area contributed by atoms with Crippen LogP contribution in [0.15, 0.2) is 48.5 Å². The standard InChI is InChI=1S/C27H30N4O6/c1-35-25-18-19(10-12-24(25)36-16-17-37-31(33)34)11-13-26(32)28-14-15-29-27-20-6-2-4-8-22(20)30-23-9-5-3-7-21(23)27/h2,4,6,8,10-13,18H,3,5,7,9,14-17H2,1H3,(H,28,32)(H,29,30)/b13-11+. The van der Waals surface area contributed by atoms with Gasteiger partial charge in [-0.15, -0.1) is 10.1 Å². The van der Waals surface area contributed by atoms with Gasteiger partial charge in [0.25, 0.3) is 5.09 Å². The molecule has 10 nitrogen and oxygen atoms in total. The van der Waals surface area contributed by atoms with Gasteiger partial charge in [-0.25, -0.2) is 0 Å². The summed E-state index contributed by atoms with van der Waals surface area (Å²) in [6.07, 6.45) is 7.49. The van der Waals surface area contributed by atoms with E-state index in [1.165, 1.54) is 30.9 Å². The lowest BCUT2D eigenvalue weighted by atomic mass is 9.92. The van der Waals surface area contributed by atoms with Crippen LogP contribution < -0.4 is 20.1 Å². The third kappa shape index (κ3) is 6.87. The Kier molecular flexibility index (Phi) is 8.75. The van der Waals surface area contributed by atoms with E-state index >= 15 is 0 Å². The number of methoxy groups -OCH3 is 1. The molecule has 37 heavy (non-hydrogen) atoms. The number of hydrogen-bond donors (Lipinski definition) is 2. The maximum Gasteiger partial charge on any atom is 0.294 e. The van der Waals surface area contributed by atoms with Gasteiger partial charge in [0.2, 0.25) is 5.91 Å². The summed E-state index contributed by atoms with van der Waals surface area (Å²) in [6, 6.07) is 13.3. The van der Waals surface area contributed by atoms with Crippen molar-refractivity contribution in [3.05, 3.63) is 75.5 Å². The molecule has 10 heteroatoms. The van der Waals surface area contributed by atoms with E-state index in [2.05, 4.69) is 21.5 Å². The predicted octanol–water partition coefficient (Wildman–Crippen LogP) is 3.95. The van der Waals surface area contributed by atoms with Gasteiger partial charge in [0.15, 0.2) is 11.5 Å². The largest absolute Gasteiger partial charge is 0.493 e. The number of rotatable bonds is 12. The number of pyridine rings is 1. The molecule has 0 saturated carbocycles. The van der Waals surface area contributed by atoms with E-state index in [1.54, 1.807) is 24.3 Å². The molecular formula is C27H30N4O6. The van der Waals surface area contributed by atoms with Gasteiger partial charge in [-0.05, 0) is 61.1 Å². The van der Waals surface area contributed by atoms with E-state index in [0.29, 0.717) is 24.6 Å². The minimum absolute atomic E-state index is 0.00105. The molecular weight excluding hydrogens is 476 g/mol. The molecule has 0 saturated heterocycles. The molecule has 1 amide bonds. The first-order valence-corrected chi connectivity index (χ1v) is 12.2. The highest BCUT2D eigenvalue weighted by atomic mass is 17.0. The fraction of sp³-hybridized carbons (Fsp3) is 0.333. The molecule has 3 aromatic rings. The van der Waals surface area contributed by atoms with Gasteiger partial charge in [0, 0.05) is 35.9 Å². The average molecular weight is 507 g/mol. The van der Waals surface area contributed by atoms with E-state index in [1.807, 2.05) is 18.2 Å². The van der Waals surface area contributed by atoms with Gasteiger partial charge >= 0.3 is 0 Å². The number of nitrogens with one attached hydrogen (secondary N) is 2. The fourth-order valence-electron chi connectivity index (χ4n) is 4.35. The summed E-state index contributed by atoms with van der Waals surface area (Å²) in [7, 11) is 1.49. The first kappa shape index (κ1) is 25.7. The third-order valence-corrected chi connectivity index (χ3v) is 6.05. The molecule has 1 heterocycles. The number of anilines is 1. The number of ether oxygens (including phenoxy) is 2. The molecule has 0 aliphatic heterocycles. The summed E-state index contributed by atoms with van der Waals surface area (Å²) in [5.41, 5.74) is 5.34. The molecule has 2 N–H and O–H groups in total. The molecule has 0 fully saturated rings. The van der Waals surface area contributed by atoms with Crippen molar-refractivity contribution in [2.24, 2.45) is 0 Å². The van der Waals surface area contributed by atoms with Crippen LogP contribution in [0.25, 0.3) is 17.0 Å². The summed E-state index contributed by atoms with van der Waals surface area (Å²) in [5.74, 6) is 0.661. The van der Waals surface area contributed by atoms with Crippen LogP contribution in [0.4, 0.5) is 5.69 Å². The van der Waals surface area contributed by atoms with Crippen molar-refractivity contribution in [2.75, 3.05) is 38.7 Å². The highest BCUT2D eigenvalue weighted by Crippen LogP contribution is 2.33. The zero-order chi connectivity index (χ0) is 26.0. The number of carbonyl (C=O) groups is 1. The first-order chi connectivity index (χ1) is 18.0. The number of hydrogen-bond acceptors (Lipinski definition) is 8. The van der Waals surface area contributed by atoms with Crippen molar-refractivity contribution in [1.29, 1.82) is 0 Å². The fourth-order valence-corrected chi connectivity index (χ4v) is 4.35. The summed E-state index contributed by atoms with van der Waals surface area (Å²) < 4.78 is 10.8. The summed E-state index contributed by atoms with van der Waals surface area (Å²) in [4.78, 5) is 31.7. The Balaban J connectivity index is 1.30. The normalized spacial score (nSPS) is 12.7. The van der Waals surface area contributed by atoms with E-state index in [9.17, 15) is 14.9 Å². The second kappa shape index (κ2) is 12.6. The van der Waals surface area contributed by atoms with Crippen molar-refractivity contribution in [3.63, 3.8) is 0 Å². The lowest BCUT2D eigenvalue weighted by Crippen LogP contribution is -2.27. The summed E-state index contributed by atoms with van der Waals surface area (Å²) >= 11 is 0. The molecule has 0 spiro atoms. The van der Waals surface area contributed by atoms with E-state index < -0.39 is 5.09 Å². The van der Waals surface area contributed by atoms with Gasteiger partial charge < -0.3 is 24.9 Å². The molecule has 0 radical (unpaired) electrons. The molecule has 1 aromatic heterocycles. The Morgan fingerprint density at radius 3 is 2.78 bits per heavy atom. The predicted molar refractivity (Wildman–Crippen MR) is 140 cm³/mol. The van der Waals surface area contributed by atoms with Crippen LogP contribution in [-0.4, -0.2) is 49.4 Å². The molecule has 4 rings (SSSR count). The molecule has 0 atom stereocenters. The van der Waals surface area contributed by atoms with E-state index in [0.717, 1.165) is 41.4 Å². The van der Waals surface area contributed by atoms with Crippen molar-refractivity contribution in [1.82, 2.24) is 10.3 Å². The van der Waals surface area contributed by atoms with Crippen LogP contribution in [-0.2, 0) is 22.5 Å². The van der Waals surface area contributed by atoms with E-state index in [-0.39, 0.29) is 19.1 Å². The number of fused-ring (bicyclic) bond motifs is 2. The van der Waals surface area contributed by atoms with Crippen LogP contribution in [0.5, 0.6) is 11.5 Å². The quantitative estimate of drug-likeness (QED) is 0.164. The van der Waals surface area contributed by atoms with Gasteiger partial charge in [0.05, 0.1) is 12.6 Å². The van der Waals surface area contributed by atoms with Crippen molar-refractivity contribution >= 4 is 28.6 Å². The highest BCUT2D eigenvalue weighted by molar-refractivity contribution is 5.94. The van der Waals surface area contributed by atoms with Gasteiger partial charge in [0.1, 0.15) is 13.2 Å². The van der Waals surface area contributed by atoms with Gasteiger partial charge in [-0.3, -0.25) is 9.78 Å². The number of aryl methyl sites for hydroxylation is 1. The first-order valence-electron chi connectivity index (χ1n) is 12.2. The van der Waals surface area contributed by atoms with Gasteiger partial charge in [-0.2, -0.15) is 0 Å². The monoisotopic (exact) mass is 506 g/mol. The molecule has 2 aromatic carbocycles. The minimum Gasteiger partial charge on any atom is -0.493 e. The number of carbonyl (C=O) groups excluding carboxylic acids is 1. The van der Waals surface area contributed by atoms with Crippen molar-refractivity contribution in [3.8, 4) is 11.5 Å². The van der Waals surface area contributed by atoms with Gasteiger partial charge in [-0.1, -0.05) is 24.3 Å². The zero-order valence-electron chi connectivity index (χ0n) is 20.7. The topological polar surface area (TPSA) is 125 Å². The zero-order valence-corrected chi connectivity index (χ0v) is 20.7. The van der Waals surface area contributed by atoms with Crippen LogP contribution in [0.2, 0.25) is 0 Å². The summed E-state index contributed by atoms with van der Waals surface area (Å²) in [6.45, 7) is 0.880. The second-order valence-electron chi connectivity index (χ2n) is 8.50. The number of benzene rings is 2. The Morgan fingerprint density at radius 2 is 1.95 bits per heavy atom. The van der Waals surface area contributed by atoms with Crippen molar-refractivity contribution < 1.29 is 24.2 Å². The molecule has 0 bridgehead atoms. The highest BCUT2D eigenvalue weighted by Gasteiger charge is 2.17. The number of amides is 1. The Labute approximate surface area is 214 Å². The van der Waals surface area contributed by atoms with E-state index in [4.69, 9.17) is 14.5 Å². The third-order valence-electron chi connectivity index (χ3n) is 6.05. The molecule has 1 aliphatic rings. The average Bonchev–Trinajstić information content (AvgIpc) is 2.91. The summed E-state index contributed by atoms with van der Waals surface area (Å²) in [5, 5.41) is 16.9. The maximum atomic E-state index is 12.4. The molecule has 0 unspecified atom stereocenters. The molecule has 1 aliphatic carbocycles. The van der Waals surface area contributed by atoms with Crippen LogP contribution in [0.3, 0.4) is 0 Å². The SMILES string of the molecule is COc1cc(/C=C/C(=O)NCCNc2c3c(nc4ccccc24)CCCC3)ccc1OCCO[N+](=O)[O-]. The number of para-hydroxylation sites is 1. The Hall–Kier alpha value is -4.34. The number of nitrogens with zero attached hydrogens (tertiary/aromatic N) is 2. The number of aromatic nitrogens is 1. The van der Waals surface area contributed by atoms with Crippen molar-refractivity contribution in [2.45, 2.75) is 25.7 Å². The maximum absolute atomic E-state index is 12.4. The lowest BCUT2D eigenvalue weighted by Gasteiger charge is -2.21. The van der Waals surface area contributed by atoms with Crippen LogP contribution in [0.1, 0.15) is 29.7 Å². The second-order valence-corrected chi connectivity index (χ2v) is 8.50. The Morgan fingerprint density at radius 1 is 1.11 bits per heavy atom. The Bertz CT molecular complexity index is 1290. The van der Waals surface area contributed by atoms with Crippen LogP contribution in [0, 0.1) is 10.1 Å². The van der Waals surface area contributed by atoms with Crippen LogP contribution >= 0.6 is 0 Å².